The molecule has 0 radical (unpaired) electrons. The third-order valence-corrected chi connectivity index (χ3v) is 4.38. The lowest BCUT2D eigenvalue weighted by molar-refractivity contribution is -0.137. The van der Waals surface area contributed by atoms with Crippen LogP contribution in [-0.4, -0.2) is 5.91 Å². The maximum atomic E-state index is 12.6. The van der Waals surface area contributed by atoms with Crippen molar-refractivity contribution in [2.75, 3.05) is 5.32 Å². The van der Waals surface area contributed by atoms with Gasteiger partial charge in [0.05, 0.1) is 16.8 Å². The highest BCUT2D eigenvalue weighted by Gasteiger charge is 2.31. The van der Waals surface area contributed by atoms with Gasteiger partial charge >= 0.3 is 6.18 Å². The Morgan fingerprint density at radius 2 is 2.05 bits per heavy atom. The SMILES string of the molecule is N#Cc1cc(C(F)(F)F)ccc1NC(=O)c1sccc1Br. The molecule has 1 N–H and O–H groups in total. The number of thiophene rings is 1. The van der Waals surface area contributed by atoms with Crippen LogP contribution >= 0.6 is 27.3 Å². The first-order valence-electron chi connectivity index (χ1n) is 5.48. The molecule has 0 aliphatic carbocycles. The van der Waals surface area contributed by atoms with Crippen molar-refractivity contribution in [3.8, 4) is 6.07 Å². The summed E-state index contributed by atoms with van der Waals surface area (Å²) in [6, 6.07) is 5.93. The molecule has 0 saturated carbocycles. The minimum Gasteiger partial charge on any atom is -0.320 e. The van der Waals surface area contributed by atoms with Crippen molar-refractivity contribution in [1.82, 2.24) is 0 Å². The average Bonchev–Trinajstić information content (AvgIpc) is 2.84. The molecular formula is C13H6BrF3N2OS. The Hall–Kier alpha value is -1.85. The first-order chi connectivity index (χ1) is 9.82. The molecule has 1 amide bonds. The molecule has 0 unspecified atom stereocenters. The molecule has 0 bridgehead atoms. The van der Waals surface area contributed by atoms with E-state index < -0.39 is 17.6 Å². The lowest BCUT2D eigenvalue weighted by Crippen LogP contribution is -2.13. The molecule has 3 nitrogen and oxygen atoms in total. The number of hydrogen-bond acceptors (Lipinski definition) is 3. The van der Waals surface area contributed by atoms with Gasteiger partial charge in [-0.05, 0) is 45.6 Å². The summed E-state index contributed by atoms with van der Waals surface area (Å²) in [5.74, 6) is -0.492. The highest BCUT2D eigenvalue weighted by molar-refractivity contribution is 9.10. The van der Waals surface area contributed by atoms with Crippen LogP contribution in [0.4, 0.5) is 18.9 Å². The summed E-state index contributed by atoms with van der Waals surface area (Å²) in [4.78, 5) is 12.4. The predicted octanol–water partition coefficient (Wildman–Crippen LogP) is 4.65. The van der Waals surface area contributed by atoms with E-state index in [0.717, 1.165) is 12.1 Å². The van der Waals surface area contributed by atoms with Crippen molar-refractivity contribution < 1.29 is 18.0 Å². The Kier molecular flexibility index (Phi) is 4.34. The zero-order chi connectivity index (χ0) is 15.6. The molecule has 0 atom stereocenters. The molecule has 0 saturated heterocycles. The van der Waals surface area contributed by atoms with Gasteiger partial charge in [-0.15, -0.1) is 11.3 Å². The fraction of sp³-hybridized carbons (Fsp3) is 0.0769. The highest BCUT2D eigenvalue weighted by Crippen LogP contribution is 2.32. The van der Waals surface area contributed by atoms with Crippen LogP contribution in [0.15, 0.2) is 34.1 Å². The second-order valence-corrected chi connectivity index (χ2v) is 5.69. The molecule has 108 valence electrons. The Bertz CT molecular complexity index is 734. The quantitative estimate of drug-likeness (QED) is 0.831. The zero-order valence-corrected chi connectivity index (χ0v) is 12.6. The number of amides is 1. The standard InChI is InChI=1S/C13H6BrF3N2OS/c14-9-3-4-21-11(9)12(20)19-10-2-1-8(13(15,16)17)5-7(10)6-18/h1-5H,(H,19,20). The number of nitriles is 1. The molecular weight excluding hydrogens is 369 g/mol. The van der Waals surface area contributed by atoms with Crippen LogP contribution in [0.1, 0.15) is 20.8 Å². The lowest BCUT2D eigenvalue weighted by atomic mass is 10.1. The summed E-state index contributed by atoms with van der Waals surface area (Å²) < 4.78 is 38.3. The predicted molar refractivity (Wildman–Crippen MR) is 76.1 cm³/mol. The molecule has 0 fully saturated rings. The van der Waals surface area contributed by atoms with Crippen LogP contribution in [0.5, 0.6) is 0 Å². The largest absolute Gasteiger partial charge is 0.416 e. The van der Waals surface area contributed by atoms with E-state index in [2.05, 4.69) is 21.2 Å². The van der Waals surface area contributed by atoms with E-state index in [4.69, 9.17) is 5.26 Å². The number of alkyl halides is 3. The van der Waals surface area contributed by atoms with Gasteiger partial charge in [0, 0.05) is 4.47 Å². The number of carbonyl (C=O) groups is 1. The number of anilines is 1. The Morgan fingerprint density at radius 1 is 1.33 bits per heavy atom. The Morgan fingerprint density at radius 3 is 2.57 bits per heavy atom. The normalized spacial score (nSPS) is 11.0. The smallest absolute Gasteiger partial charge is 0.320 e. The van der Waals surface area contributed by atoms with Crippen molar-refractivity contribution in [3.05, 3.63) is 50.1 Å². The van der Waals surface area contributed by atoms with Crippen molar-refractivity contribution in [2.24, 2.45) is 0 Å². The fourth-order valence-electron chi connectivity index (χ4n) is 1.56. The average molecular weight is 375 g/mol. The summed E-state index contributed by atoms with van der Waals surface area (Å²) in [6.45, 7) is 0. The van der Waals surface area contributed by atoms with Gasteiger partial charge in [0.25, 0.3) is 5.91 Å². The minimum absolute atomic E-state index is 0.0378. The molecule has 2 rings (SSSR count). The van der Waals surface area contributed by atoms with Crippen molar-refractivity contribution >= 4 is 38.9 Å². The van der Waals surface area contributed by atoms with Gasteiger partial charge in [0.1, 0.15) is 10.9 Å². The maximum Gasteiger partial charge on any atom is 0.416 e. The summed E-state index contributed by atoms with van der Waals surface area (Å²) in [6.07, 6.45) is -4.54. The van der Waals surface area contributed by atoms with E-state index in [0.29, 0.717) is 15.4 Å². The number of benzene rings is 1. The molecule has 2 aromatic rings. The zero-order valence-electron chi connectivity index (χ0n) is 10.2. The number of halogens is 4. The number of rotatable bonds is 2. The van der Waals surface area contributed by atoms with Crippen molar-refractivity contribution in [2.45, 2.75) is 6.18 Å². The van der Waals surface area contributed by atoms with Crippen LogP contribution in [-0.2, 0) is 6.18 Å². The topological polar surface area (TPSA) is 52.9 Å². The van der Waals surface area contributed by atoms with Crippen LogP contribution in [0, 0.1) is 11.3 Å². The van der Waals surface area contributed by atoms with Gasteiger partial charge in [-0.3, -0.25) is 4.79 Å². The van der Waals surface area contributed by atoms with Crippen molar-refractivity contribution in [3.63, 3.8) is 0 Å². The lowest BCUT2D eigenvalue weighted by Gasteiger charge is -2.10. The summed E-state index contributed by atoms with van der Waals surface area (Å²) in [5.41, 5.74) is -1.14. The first kappa shape index (κ1) is 15.5. The minimum atomic E-state index is -4.54. The van der Waals surface area contributed by atoms with E-state index in [9.17, 15) is 18.0 Å². The van der Waals surface area contributed by atoms with Crippen LogP contribution in [0.2, 0.25) is 0 Å². The third-order valence-electron chi connectivity index (χ3n) is 2.54. The second-order valence-electron chi connectivity index (χ2n) is 3.92. The van der Waals surface area contributed by atoms with Gasteiger partial charge in [-0.1, -0.05) is 0 Å². The van der Waals surface area contributed by atoms with E-state index in [1.807, 2.05) is 0 Å². The Labute approximate surface area is 130 Å². The summed E-state index contributed by atoms with van der Waals surface area (Å²) in [7, 11) is 0. The van der Waals surface area contributed by atoms with E-state index in [-0.39, 0.29) is 11.3 Å². The van der Waals surface area contributed by atoms with E-state index >= 15 is 0 Å². The first-order valence-corrected chi connectivity index (χ1v) is 7.16. The molecule has 1 heterocycles. The number of carbonyl (C=O) groups excluding carboxylic acids is 1. The molecule has 21 heavy (non-hydrogen) atoms. The molecule has 0 aliphatic heterocycles. The number of nitrogens with one attached hydrogen (secondary N) is 1. The monoisotopic (exact) mass is 374 g/mol. The number of hydrogen-bond donors (Lipinski definition) is 1. The van der Waals surface area contributed by atoms with Crippen LogP contribution in [0.3, 0.4) is 0 Å². The highest BCUT2D eigenvalue weighted by atomic mass is 79.9. The number of nitrogens with zero attached hydrogens (tertiary/aromatic N) is 1. The molecule has 0 aliphatic rings. The van der Waals surface area contributed by atoms with Gasteiger partial charge < -0.3 is 5.32 Å². The van der Waals surface area contributed by atoms with Crippen molar-refractivity contribution in [1.29, 1.82) is 5.26 Å². The summed E-state index contributed by atoms with van der Waals surface area (Å²) in [5, 5.41) is 13.1. The van der Waals surface area contributed by atoms with Gasteiger partial charge in [-0.2, -0.15) is 18.4 Å². The molecule has 1 aromatic heterocycles. The van der Waals surface area contributed by atoms with Crippen LogP contribution < -0.4 is 5.32 Å². The Balaban J connectivity index is 2.31. The maximum absolute atomic E-state index is 12.6. The molecule has 8 heteroatoms. The fourth-order valence-corrected chi connectivity index (χ4v) is 3.00. The molecule has 0 spiro atoms. The molecule has 1 aromatic carbocycles. The van der Waals surface area contributed by atoms with Gasteiger partial charge in [0.15, 0.2) is 0 Å². The van der Waals surface area contributed by atoms with Gasteiger partial charge in [0.2, 0.25) is 0 Å². The van der Waals surface area contributed by atoms with Gasteiger partial charge in [-0.25, -0.2) is 0 Å². The third kappa shape index (κ3) is 3.43. The second kappa shape index (κ2) is 5.87. The summed E-state index contributed by atoms with van der Waals surface area (Å²) >= 11 is 4.37. The van der Waals surface area contributed by atoms with E-state index in [1.54, 1.807) is 17.5 Å². The van der Waals surface area contributed by atoms with Crippen LogP contribution in [0.25, 0.3) is 0 Å². The van der Waals surface area contributed by atoms with E-state index in [1.165, 1.54) is 11.3 Å².